The lowest BCUT2D eigenvalue weighted by atomic mass is 10.2. The van der Waals surface area contributed by atoms with Crippen LogP contribution in [0.1, 0.15) is 43.0 Å². The molecule has 110 valence electrons. The standard InChI is InChI=1S/C16H23NO3/c1-2-14-7-4-9-17(14)10-5-11-20-15-8-3-6-13(12-15)16(18)19/h3,6,8,12,14H,2,4-5,7,9-11H2,1H3,(H,18,19). The van der Waals surface area contributed by atoms with E-state index in [0.29, 0.717) is 12.4 Å². The summed E-state index contributed by atoms with van der Waals surface area (Å²) < 4.78 is 5.64. The average molecular weight is 277 g/mol. The smallest absolute Gasteiger partial charge is 0.335 e. The number of nitrogens with zero attached hydrogens (tertiary/aromatic N) is 1. The molecule has 0 spiro atoms. The van der Waals surface area contributed by atoms with Gasteiger partial charge in [-0.2, -0.15) is 0 Å². The second-order valence-electron chi connectivity index (χ2n) is 5.28. The van der Waals surface area contributed by atoms with Crippen LogP contribution in [-0.4, -0.2) is 41.7 Å². The minimum absolute atomic E-state index is 0.271. The van der Waals surface area contributed by atoms with Crippen molar-refractivity contribution in [2.24, 2.45) is 0 Å². The van der Waals surface area contributed by atoms with E-state index < -0.39 is 5.97 Å². The van der Waals surface area contributed by atoms with Gasteiger partial charge in [-0.05, 0) is 50.4 Å². The number of rotatable bonds is 7. The number of carboxylic acid groups (broad SMARTS) is 1. The SMILES string of the molecule is CCC1CCCN1CCCOc1cccc(C(=O)O)c1. The number of carbonyl (C=O) groups is 1. The molecule has 1 heterocycles. The van der Waals surface area contributed by atoms with E-state index in [2.05, 4.69) is 11.8 Å². The Labute approximate surface area is 120 Å². The molecule has 0 radical (unpaired) electrons. The van der Waals surface area contributed by atoms with E-state index in [1.54, 1.807) is 24.3 Å². The van der Waals surface area contributed by atoms with Gasteiger partial charge in [-0.25, -0.2) is 4.79 Å². The largest absolute Gasteiger partial charge is 0.494 e. The maximum absolute atomic E-state index is 10.9. The second kappa shape index (κ2) is 7.29. The molecule has 1 N–H and O–H groups in total. The van der Waals surface area contributed by atoms with Crippen molar-refractivity contribution in [3.05, 3.63) is 29.8 Å². The van der Waals surface area contributed by atoms with E-state index in [1.165, 1.54) is 25.8 Å². The van der Waals surface area contributed by atoms with Crippen molar-refractivity contribution in [1.82, 2.24) is 4.90 Å². The van der Waals surface area contributed by atoms with Crippen LogP contribution in [0.5, 0.6) is 5.75 Å². The normalized spacial score (nSPS) is 19.1. The highest BCUT2D eigenvalue weighted by Crippen LogP contribution is 2.20. The summed E-state index contributed by atoms with van der Waals surface area (Å²) in [7, 11) is 0. The van der Waals surface area contributed by atoms with E-state index in [0.717, 1.165) is 19.0 Å². The molecule has 2 rings (SSSR count). The Morgan fingerprint density at radius 2 is 2.35 bits per heavy atom. The number of ether oxygens (including phenoxy) is 1. The van der Waals surface area contributed by atoms with E-state index in [-0.39, 0.29) is 5.56 Å². The summed E-state index contributed by atoms with van der Waals surface area (Å²) in [4.78, 5) is 13.4. The van der Waals surface area contributed by atoms with Gasteiger partial charge in [0.15, 0.2) is 0 Å². The zero-order valence-corrected chi connectivity index (χ0v) is 12.0. The van der Waals surface area contributed by atoms with E-state index in [4.69, 9.17) is 9.84 Å². The summed E-state index contributed by atoms with van der Waals surface area (Å²) in [5.41, 5.74) is 0.271. The number of aromatic carboxylic acids is 1. The molecule has 20 heavy (non-hydrogen) atoms. The molecule has 1 aromatic carbocycles. The highest BCUT2D eigenvalue weighted by Gasteiger charge is 2.21. The minimum atomic E-state index is -0.918. The molecule has 1 saturated heterocycles. The Morgan fingerprint density at radius 3 is 3.10 bits per heavy atom. The van der Waals surface area contributed by atoms with Crippen LogP contribution in [-0.2, 0) is 0 Å². The van der Waals surface area contributed by atoms with Gasteiger partial charge in [0.25, 0.3) is 0 Å². The maximum Gasteiger partial charge on any atom is 0.335 e. The van der Waals surface area contributed by atoms with Gasteiger partial charge in [-0.1, -0.05) is 13.0 Å². The van der Waals surface area contributed by atoms with E-state index >= 15 is 0 Å². The summed E-state index contributed by atoms with van der Waals surface area (Å²) in [6.45, 7) is 5.15. The van der Waals surface area contributed by atoms with Gasteiger partial charge in [0.05, 0.1) is 12.2 Å². The fourth-order valence-electron chi connectivity index (χ4n) is 2.83. The highest BCUT2D eigenvalue weighted by atomic mass is 16.5. The van der Waals surface area contributed by atoms with Crippen LogP contribution in [0.4, 0.5) is 0 Å². The van der Waals surface area contributed by atoms with Crippen molar-refractivity contribution in [3.8, 4) is 5.75 Å². The molecule has 1 fully saturated rings. The number of hydrogen-bond acceptors (Lipinski definition) is 3. The Kier molecular flexibility index (Phi) is 5.41. The van der Waals surface area contributed by atoms with Gasteiger partial charge in [-0.15, -0.1) is 0 Å². The summed E-state index contributed by atoms with van der Waals surface area (Å²) in [6, 6.07) is 7.41. The number of hydrogen-bond donors (Lipinski definition) is 1. The van der Waals surface area contributed by atoms with Gasteiger partial charge < -0.3 is 14.7 Å². The molecular weight excluding hydrogens is 254 g/mol. The molecule has 1 aromatic rings. The lowest BCUT2D eigenvalue weighted by Crippen LogP contribution is -2.30. The van der Waals surface area contributed by atoms with Gasteiger partial charge in [0.2, 0.25) is 0 Å². The monoisotopic (exact) mass is 277 g/mol. The first-order chi connectivity index (χ1) is 9.70. The Morgan fingerprint density at radius 1 is 1.50 bits per heavy atom. The molecule has 0 aliphatic carbocycles. The number of likely N-dealkylation sites (tertiary alicyclic amines) is 1. The molecule has 0 aromatic heterocycles. The maximum atomic E-state index is 10.9. The summed E-state index contributed by atoms with van der Waals surface area (Å²) >= 11 is 0. The van der Waals surface area contributed by atoms with Crippen LogP contribution in [0.15, 0.2) is 24.3 Å². The van der Waals surface area contributed by atoms with Crippen LogP contribution in [0.3, 0.4) is 0 Å². The summed E-state index contributed by atoms with van der Waals surface area (Å²) in [6.07, 6.45) is 4.83. The molecule has 1 unspecified atom stereocenters. The molecule has 1 atom stereocenters. The van der Waals surface area contributed by atoms with Crippen molar-refractivity contribution < 1.29 is 14.6 Å². The number of benzene rings is 1. The third kappa shape index (κ3) is 3.97. The highest BCUT2D eigenvalue weighted by molar-refractivity contribution is 5.87. The third-order valence-corrected chi connectivity index (χ3v) is 3.91. The van der Waals surface area contributed by atoms with Gasteiger partial charge in [0, 0.05) is 12.6 Å². The molecule has 0 saturated carbocycles. The van der Waals surface area contributed by atoms with Crippen molar-refractivity contribution in [2.45, 2.75) is 38.6 Å². The zero-order chi connectivity index (χ0) is 14.4. The van der Waals surface area contributed by atoms with Crippen molar-refractivity contribution in [3.63, 3.8) is 0 Å². The van der Waals surface area contributed by atoms with Crippen molar-refractivity contribution in [1.29, 1.82) is 0 Å². The Balaban J connectivity index is 1.73. The van der Waals surface area contributed by atoms with Gasteiger partial charge >= 0.3 is 5.97 Å². The topological polar surface area (TPSA) is 49.8 Å². The number of carboxylic acids is 1. The zero-order valence-electron chi connectivity index (χ0n) is 12.0. The van der Waals surface area contributed by atoms with Crippen LogP contribution >= 0.6 is 0 Å². The molecule has 1 aliphatic heterocycles. The first-order valence-electron chi connectivity index (χ1n) is 7.41. The summed E-state index contributed by atoms with van der Waals surface area (Å²) in [5, 5.41) is 8.92. The van der Waals surface area contributed by atoms with Crippen molar-refractivity contribution in [2.75, 3.05) is 19.7 Å². The summed E-state index contributed by atoms with van der Waals surface area (Å²) in [5.74, 6) is -0.281. The van der Waals surface area contributed by atoms with Crippen LogP contribution in [0.25, 0.3) is 0 Å². The molecule has 1 aliphatic rings. The quantitative estimate of drug-likeness (QED) is 0.778. The molecule has 0 bridgehead atoms. The van der Waals surface area contributed by atoms with Crippen LogP contribution in [0, 0.1) is 0 Å². The predicted octanol–water partition coefficient (Wildman–Crippen LogP) is 3.03. The predicted molar refractivity (Wildman–Crippen MR) is 78.4 cm³/mol. The molecular formula is C16H23NO3. The molecule has 0 amide bonds. The third-order valence-electron chi connectivity index (χ3n) is 3.91. The van der Waals surface area contributed by atoms with Gasteiger partial charge in [0.1, 0.15) is 5.75 Å². The van der Waals surface area contributed by atoms with Crippen molar-refractivity contribution >= 4 is 5.97 Å². The first-order valence-corrected chi connectivity index (χ1v) is 7.41. The lowest BCUT2D eigenvalue weighted by Gasteiger charge is -2.23. The fourth-order valence-corrected chi connectivity index (χ4v) is 2.83. The van der Waals surface area contributed by atoms with Gasteiger partial charge in [-0.3, -0.25) is 0 Å². The minimum Gasteiger partial charge on any atom is -0.494 e. The van der Waals surface area contributed by atoms with E-state index in [9.17, 15) is 4.79 Å². The lowest BCUT2D eigenvalue weighted by molar-refractivity contribution is 0.0696. The van der Waals surface area contributed by atoms with Crippen LogP contribution in [0.2, 0.25) is 0 Å². The Hall–Kier alpha value is -1.55. The fraction of sp³-hybridized carbons (Fsp3) is 0.562. The Bertz CT molecular complexity index is 447. The molecule has 4 nitrogen and oxygen atoms in total. The first kappa shape index (κ1) is 14.9. The average Bonchev–Trinajstić information content (AvgIpc) is 2.91. The molecule has 4 heteroatoms. The van der Waals surface area contributed by atoms with Crippen LogP contribution < -0.4 is 4.74 Å². The van der Waals surface area contributed by atoms with E-state index in [1.807, 2.05) is 0 Å². The second-order valence-corrected chi connectivity index (χ2v) is 5.28.